The maximum atomic E-state index is 13.8. The van der Waals surface area contributed by atoms with E-state index in [-0.39, 0.29) is 12.0 Å². The third kappa shape index (κ3) is 2.31. The second-order valence-electron chi connectivity index (χ2n) is 4.68. The summed E-state index contributed by atoms with van der Waals surface area (Å²) in [6.45, 7) is 0. The van der Waals surface area contributed by atoms with Gasteiger partial charge in [0.05, 0.1) is 6.10 Å². The largest absolute Gasteiger partial charge is 0.485 e. The molecule has 0 saturated carbocycles. The van der Waals surface area contributed by atoms with Crippen molar-refractivity contribution in [2.24, 2.45) is 0 Å². The molecule has 2 aromatic rings. The number of aliphatic hydroxyl groups is 1. The molecule has 1 aliphatic heterocycles. The molecule has 0 bridgehead atoms. The summed E-state index contributed by atoms with van der Waals surface area (Å²) in [5, 5.41) is 10.2. The molecule has 0 spiro atoms. The third-order valence-corrected chi connectivity index (χ3v) is 3.86. The fourth-order valence-corrected chi connectivity index (χ4v) is 2.76. The van der Waals surface area contributed by atoms with Gasteiger partial charge in [-0.2, -0.15) is 0 Å². The van der Waals surface area contributed by atoms with Gasteiger partial charge in [-0.05, 0) is 24.3 Å². The van der Waals surface area contributed by atoms with Gasteiger partial charge in [0, 0.05) is 22.0 Å². The highest BCUT2D eigenvalue weighted by Gasteiger charge is 2.30. The first-order chi connectivity index (χ1) is 9.56. The van der Waals surface area contributed by atoms with Crippen LogP contribution in [-0.2, 0) is 0 Å². The Morgan fingerprint density at radius 3 is 2.75 bits per heavy atom. The molecule has 1 aliphatic rings. The first kappa shape index (κ1) is 13.5. The molecule has 0 fully saturated rings. The Balaban J connectivity index is 1.99. The summed E-state index contributed by atoms with van der Waals surface area (Å²) >= 11 is 3.32. The van der Waals surface area contributed by atoms with Gasteiger partial charge < -0.3 is 9.84 Å². The van der Waals surface area contributed by atoms with E-state index in [2.05, 4.69) is 15.9 Å². The number of fused-ring (bicyclic) bond motifs is 1. The highest BCUT2D eigenvalue weighted by atomic mass is 79.9. The Kier molecular flexibility index (Phi) is 3.48. The van der Waals surface area contributed by atoms with E-state index in [1.807, 2.05) is 0 Å². The Bertz CT molecular complexity index is 660. The smallest absolute Gasteiger partial charge is 0.165 e. The predicted octanol–water partition coefficient (Wildman–Crippen LogP) is 4.28. The van der Waals surface area contributed by atoms with Crippen molar-refractivity contribution >= 4 is 15.9 Å². The molecule has 2 nitrogen and oxygen atoms in total. The van der Waals surface area contributed by atoms with E-state index in [1.165, 1.54) is 12.1 Å². The highest BCUT2D eigenvalue weighted by Crippen LogP contribution is 2.42. The number of ether oxygens (including phenoxy) is 1. The molecule has 3 rings (SSSR count). The van der Waals surface area contributed by atoms with E-state index in [9.17, 15) is 13.9 Å². The molecule has 0 aliphatic carbocycles. The zero-order valence-corrected chi connectivity index (χ0v) is 11.9. The van der Waals surface area contributed by atoms with Gasteiger partial charge in [0.1, 0.15) is 11.9 Å². The summed E-state index contributed by atoms with van der Waals surface area (Å²) in [6.07, 6.45) is -1.29. The molecule has 2 atom stereocenters. The molecular weight excluding hydrogens is 330 g/mol. The van der Waals surface area contributed by atoms with E-state index in [1.54, 1.807) is 18.2 Å². The van der Waals surface area contributed by atoms with Gasteiger partial charge in [-0.15, -0.1) is 0 Å². The van der Waals surface area contributed by atoms with Gasteiger partial charge in [-0.1, -0.05) is 28.1 Å². The molecule has 2 aromatic carbocycles. The summed E-state index contributed by atoms with van der Waals surface area (Å²) in [4.78, 5) is 0. The Hall–Kier alpha value is -1.46. The topological polar surface area (TPSA) is 29.5 Å². The minimum absolute atomic E-state index is 0.123. The van der Waals surface area contributed by atoms with Gasteiger partial charge in [0.15, 0.2) is 11.6 Å². The number of benzene rings is 2. The average molecular weight is 341 g/mol. The SMILES string of the molecule is OC1CC(c2cccc(F)c2F)Oc2ccc(Br)cc21. The summed E-state index contributed by atoms with van der Waals surface area (Å²) in [7, 11) is 0. The molecule has 1 heterocycles. The molecule has 0 amide bonds. The lowest BCUT2D eigenvalue weighted by Crippen LogP contribution is -2.20. The van der Waals surface area contributed by atoms with Crippen LogP contribution in [0.1, 0.15) is 29.8 Å². The number of halogens is 3. The maximum absolute atomic E-state index is 13.8. The Labute approximate surface area is 123 Å². The van der Waals surface area contributed by atoms with Crippen molar-refractivity contribution in [2.45, 2.75) is 18.6 Å². The van der Waals surface area contributed by atoms with Crippen molar-refractivity contribution in [2.75, 3.05) is 0 Å². The molecule has 20 heavy (non-hydrogen) atoms. The fourth-order valence-electron chi connectivity index (χ4n) is 2.38. The zero-order valence-electron chi connectivity index (χ0n) is 10.3. The van der Waals surface area contributed by atoms with E-state index in [0.29, 0.717) is 11.3 Å². The fraction of sp³-hybridized carbons (Fsp3) is 0.200. The van der Waals surface area contributed by atoms with Crippen LogP contribution >= 0.6 is 15.9 Å². The minimum atomic E-state index is -0.926. The molecule has 104 valence electrons. The molecule has 5 heteroatoms. The van der Waals surface area contributed by atoms with Gasteiger partial charge >= 0.3 is 0 Å². The van der Waals surface area contributed by atoms with Crippen LogP contribution < -0.4 is 4.74 Å². The van der Waals surface area contributed by atoms with Crippen LogP contribution in [0.4, 0.5) is 8.78 Å². The summed E-state index contributed by atoms with van der Waals surface area (Å²) < 4.78 is 33.6. The van der Waals surface area contributed by atoms with Gasteiger partial charge in [-0.25, -0.2) is 8.78 Å². The standard InChI is InChI=1S/C15H11BrF2O2/c16-8-4-5-13-10(6-8)12(19)7-14(20-13)9-2-1-3-11(17)15(9)18/h1-6,12,14,19H,7H2. The van der Waals surface area contributed by atoms with Gasteiger partial charge in [-0.3, -0.25) is 0 Å². The lowest BCUT2D eigenvalue weighted by Gasteiger charge is -2.30. The summed E-state index contributed by atoms with van der Waals surface area (Å²) in [5.74, 6) is -1.35. The highest BCUT2D eigenvalue weighted by molar-refractivity contribution is 9.10. The van der Waals surface area contributed by atoms with Crippen molar-refractivity contribution in [3.05, 3.63) is 63.6 Å². The van der Waals surface area contributed by atoms with Crippen LogP contribution in [0.25, 0.3) is 0 Å². The molecule has 0 saturated heterocycles. The lowest BCUT2D eigenvalue weighted by atomic mass is 9.95. The third-order valence-electron chi connectivity index (χ3n) is 3.37. The minimum Gasteiger partial charge on any atom is -0.485 e. The average Bonchev–Trinajstić information content (AvgIpc) is 2.42. The molecular formula is C15H11BrF2O2. The van der Waals surface area contributed by atoms with Crippen molar-refractivity contribution in [3.8, 4) is 5.75 Å². The molecule has 1 N–H and O–H groups in total. The molecule has 0 aromatic heterocycles. The van der Waals surface area contributed by atoms with E-state index >= 15 is 0 Å². The van der Waals surface area contributed by atoms with Crippen molar-refractivity contribution in [1.29, 1.82) is 0 Å². The van der Waals surface area contributed by atoms with Crippen molar-refractivity contribution < 1.29 is 18.6 Å². The van der Waals surface area contributed by atoms with Crippen molar-refractivity contribution in [3.63, 3.8) is 0 Å². The van der Waals surface area contributed by atoms with Crippen LogP contribution in [0.15, 0.2) is 40.9 Å². The second-order valence-corrected chi connectivity index (χ2v) is 5.60. The number of hydrogen-bond donors (Lipinski definition) is 1. The summed E-state index contributed by atoms with van der Waals surface area (Å²) in [5.41, 5.74) is 0.769. The normalized spacial score (nSPS) is 21.2. The number of rotatable bonds is 1. The quantitative estimate of drug-likeness (QED) is 0.839. The van der Waals surface area contributed by atoms with Crippen LogP contribution in [0.2, 0.25) is 0 Å². The first-order valence-corrected chi connectivity index (χ1v) is 6.93. The lowest BCUT2D eigenvalue weighted by molar-refractivity contribution is 0.0636. The summed E-state index contributed by atoms with van der Waals surface area (Å²) in [6, 6.07) is 9.20. The number of aliphatic hydroxyl groups excluding tert-OH is 1. The monoisotopic (exact) mass is 340 g/mol. The second kappa shape index (κ2) is 5.14. The van der Waals surface area contributed by atoms with Crippen LogP contribution in [0.5, 0.6) is 5.75 Å². The number of hydrogen-bond acceptors (Lipinski definition) is 2. The van der Waals surface area contributed by atoms with E-state index in [4.69, 9.17) is 4.74 Å². The van der Waals surface area contributed by atoms with E-state index in [0.717, 1.165) is 10.5 Å². The Morgan fingerprint density at radius 2 is 1.95 bits per heavy atom. The molecule has 2 unspecified atom stereocenters. The zero-order chi connectivity index (χ0) is 14.3. The van der Waals surface area contributed by atoms with Gasteiger partial charge in [0.25, 0.3) is 0 Å². The Morgan fingerprint density at radius 1 is 1.15 bits per heavy atom. The van der Waals surface area contributed by atoms with Gasteiger partial charge in [0.2, 0.25) is 0 Å². The van der Waals surface area contributed by atoms with E-state index < -0.39 is 23.8 Å². The van der Waals surface area contributed by atoms with Crippen LogP contribution in [0.3, 0.4) is 0 Å². The predicted molar refractivity (Wildman–Crippen MR) is 73.4 cm³/mol. The molecule has 0 radical (unpaired) electrons. The maximum Gasteiger partial charge on any atom is 0.165 e. The van der Waals surface area contributed by atoms with Crippen LogP contribution in [-0.4, -0.2) is 5.11 Å². The first-order valence-electron chi connectivity index (χ1n) is 6.14. The van der Waals surface area contributed by atoms with Crippen LogP contribution in [0, 0.1) is 11.6 Å². The van der Waals surface area contributed by atoms with Crippen molar-refractivity contribution in [1.82, 2.24) is 0 Å².